The summed E-state index contributed by atoms with van der Waals surface area (Å²) >= 11 is 1.41. The number of hydrogen-bond donors (Lipinski definition) is 1. The Morgan fingerprint density at radius 1 is 1.08 bits per heavy atom. The number of carbonyl (C=O) groups excluding carboxylic acids is 2. The summed E-state index contributed by atoms with van der Waals surface area (Å²) < 4.78 is 84.2. The van der Waals surface area contributed by atoms with E-state index in [4.69, 9.17) is 9.47 Å². The topological polar surface area (TPSA) is 89.9 Å². The van der Waals surface area contributed by atoms with Crippen LogP contribution in [-0.2, 0) is 26.9 Å². The third kappa shape index (κ3) is 7.17. The molecule has 6 rings (SSSR count). The van der Waals surface area contributed by atoms with Gasteiger partial charge >= 0.3 is 12.1 Å². The molecule has 1 N–H and O–H groups in total. The third-order valence-corrected chi connectivity index (χ3v) is 9.98. The molecule has 0 unspecified atom stereocenters. The number of ether oxygens (including phenoxy) is 2. The van der Waals surface area contributed by atoms with Gasteiger partial charge in [0.2, 0.25) is 5.91 Å². The molecule has 1 fully saturated rings. The number of nitrogens with one attached hydrogen (secondary N) is 1. The zero-order chi connectivity index (χ0) is 35.9. The Labute approximate surface area is 288 Å². The molecule has 2 aliphatic rings. The van der Waals surface area contributed by atoms with Crippen LogP contribution in [0.5, 0.6) is 11.5 Å². The summed E-state index contributed by atoms with van der Waals surface area (Å²) in [6.45, 7) is 5.62. The zero-order valence-electron chi connectivity index (χ0n) is 27.4. The number of nitrogens with zero attached hydrogens (tertiary/aromatic N) is 2. The molecule has 0 radical (unpaired) electrons. The average Bonchev–Trinajstić information content (AvgIpc) is 3.41. The number of likely N-dealkylation sites (tertiary alicyclic amines) is 1. The summed E-state index contributed by atoms with van der Waals surface area (Å²) in [5, 5.41) is 2.80. The molecule has 0 saturated carbocycles. The molecule has 1 saturated heterocycles. The molecule has 1 amide bonds. The second-order valence-electron chi connectivity index (χ2n) is 12.4. The molecule has 2 aromatic carbocycles. The molecule has 4 bridgehead atoms. The number of aromatic nitrogens is 1. The van der Waals surface area contributed by atoms with Gasteiger partial charge in [0.25, 0.3) is 5.56 Å². The number of alkyl halides is 4. The first-order valence-corrected chi connectivity index (χ1v) is 16.9. The maximum absolute atomic E-state index is 15.9. The van der Waals surface area contributed by atoms with E-state index in [2.05, 4.69) is 5.32 Å². The van der Waals surface area contributed by atoms with Crippen LogP contribution >= 0.6 is 11.3 Å². The molecule has 14 heteroatoms. The minimum Gasteiger partial charge on any atom is -0.466 e. The van der Waals surface area contributed by atoms with Crippen LogP contribution in [0.3, 0.4) is 0 Å². The number of esters is 1. The maximum atomic E-state index is 15.9. The number of amides is 1. The lowest BCUT2D eigenvalue weighted by atomic mass is 9.99. The molecule has 4 heterocycles. The van der Waals surface area contributed by atoms with Gasteiger partial charge in [-0.15, -0.1) is 11.3 Å². The number of benzene rings is 2. The summed E-state index contributed by atoms with van der Waals surface area (Å²) in [5.41, 5.74) is -0.921. The molecule has 2 aromatic heterocycles. The molecule has 0 spiro atoms. The Morgan fingerprint density at radius 2 is 1.84 bits per heavy atom. The quantitative estimate of drug-likeness (QED) is 0.163. The monoisotopic (exact) mass is 715 g/mol. The number of aryl methyl sites for hydroxylation is 2. The number of rotatable bonds is 7. The van der Waals surface area contributed by atoms with Crippen molar-refractivity contribution in [2.75, 3.05) is 26.2 Å². The van der Waals surface area contributed by atoms with Crippen molar-refractivity contribution in [2.24, 2.45) is 0 Å². The fourth-order valence-electron chi connectivity index (χ4n) is 6.45. The molecule has 50 heavy (non-hydrogen) atoms. The number of carbonyl (C=O) groups is 2. The molecular weight excluding hydrogens is 681 g/mol. The van der Waals surface area contributed by atoms with Crippen LogP contribution in [0.4, 0.5) is 22.0 Å². The normalized spacial score (nSPS) is 18.1. The van der Waals surface area contributed by atoms with Gasteiger partial charge < -0.3 is 14.8 Å². The second kappa shape index (κ2) is 14.0. The van der Waals surface area contributed by atoms with Crippen molar-refractivity contribution in [3.63, 3.8) is 0 Å². The minimum atomic E-state index is -4.92. The van der Waals surface area contributed by atoms with Gasteiger partial charge in [-0.1, -0.05) is 12.1 Å². The van der Waals surface area contributed by atoms with E-state index >= 15 is 4.39 Å². The summed E-state index contributed by atoms with van der Waals surface area (Å²) in [7, 11) is 0. The highest BCUT2D eigenvalue weighted by atomic mass is 32.1. The van der Waals surface area contributed by atoms with Gasteiger partial charge in [0.1, 0.15) is 29.5 Å². The first-order chi connectivity index (χ1) is 23.7. The number of fused-ring (bicyclic) bond motifs is 6. The Kier molecular flexibility index (Phi) is 9.86. The van der Waals surface area contributed by atoms with Crippen molar-refractivity contribution in [3.8, 4) is 21.9 Å². The van der Waals surface area contributed by atoms with Crippen molar-refractivity contribution >= 4 is 23.2 Å². The Balaban J connectivity index is 1.55. The van der Waals surface area contributed by atoms with Gasteiger partial charge in [0, 0.05) is 52.8 Å². The summed E-state index contributed by atoms with van der Waals surface area (Å²) in [5.74, 6) is -1.97. The van der Waals surface area contributed by atoms with Crippen LogP contribution in [0, 0.1) is 19.7 Å². The van der Waals surface area contributed by atoms with Gasteiger partial charge in [-0.3, -0.25) is 23.9 Å². The highest BCUT2D eigenvalue weighted by Crippen LogP contribution is 2.43. The van der Waals surface area contributed by atoms with Crippen molar-refractivity contribution in [2.45, 2.75) is 58.0 Å². The van der Waals surface area contributed by atoms with Crippen molar-refractivity contribution in [3.05, 3.63) is 104 Å². The lowest BCUT2D eigenvalue weighted by Crippen LogP contribution is -2.49. The molecule has 264 valence electrons. The maximum Gasteiger partial charge on any atom is 0.416 e. The summed E-state index contributed by atoms with van der Waals surface area (Å²) in [6, 6.07) is 8.41. The van der Waals surface area contributed by atoms with E-state index in [1.807, 2.05) is 26.0 Å². The number of hydrogen-bond acceptors (Lipinski definition) is 7. The SMILES string of the molecule is CCOC(=O)C[C@@H]1NC(=O)[C@@H](n2cc(CCN3CC(F)C3)c(C(F)(F)F)cc2=O)c2cc(ccc2F)Oc2cccc(C)c2-c2cc1c(C)s2. The van der Waals surface area contributed by atoms with E-state index < -0.39 is 53.2 Å². The highest BCUT2D eigenvalue weighted by molar-refractivity contribution is 7.15. The van der Waals surface area contributed by atoms with Crippen LogP contribution in [-0.4, -0.2) is 53.8 Å². The van der Waals surface area contributed by atoms with Gasteiger partial charge in [-0.05, 0) is 74.2 Å². The number of pyridine rings is 1. The van der Waals surface area contributed by atoms with E-state index in [1.165, 1.54) is 23.5 Å². The minimum absolute atomic E-state index is 0.0659. The summed E-state index contributed by atoms with van der Waals surface area (Å²) in [6.07, 6.45) is -5.61. The molecular formula is C36H34F5N3O5S. The van der Waals surface area contributed by atoms with Gasteiger partial charge in [0.05, 0.1) is 24.6 Å². The van der Waals surface area contributed by atoms with Crippen molar-refractivity contribution < 1.29 is 41.0 Å². The Bertz CT molecular complexity index is 2000. The zero-order valence-corrected chi connectivity index (χ0v) is 28.2. The van der Waals surface area contributed by atoms with E-state index in [1.54, 1.807) is 24.0 Å². The van der Waals surface area contributed by atoms with E-state index in [-0.39, 0.29) is 56.0 Å². The lowest BCUT2D eigenvalue weighted by molar-refractivity contribution is -0.144. The fraction of sp³-hybridized carbons (Fsp3) is 0.361. The Morgan fingerprint density at radius 3 is 2.54 bits per heavy atom. The fourth-order valence-corrected chi connectivity index (χ4v) is 7.65. The first kappa shape index (κ1) is 35.3. The van der Waals surface area contributed by atoms with Gasteiger partial charge in [-0.25, -0.2) is 8.78 Å². The van der Waals surface area contributed by atoms with Gasteiger partial charge in [-0.2, -0.15) is 13.2 Å². The molecule has 2 atom stereocenters. The predicted octanol–water partition coefficient (Wildman–Crippen LogP) is 7.05. The average molecular weight is 716 g/mol. The van der Waals surface area contributed by atoms with Crippen LogP contribution < -0.4 is 15.6 Å². The predicted molar refractivity (Wildman–Crippen MR) is 177 cm³/mol. The van der Waals surface area contributed by atoms with Crippen LogP contribution in [0.2, 0.25) is 0 Å². The number of thiophene rings is 1. The smallest absolute Gasteiger partial charge is 0.416 e. The van der Waals surface area contributed by atoms with Crippen LogP contribution in [0.1, 0.15) is 58.1 Å². The molecule has 8 nitrogen and oxygen atoms in total. The van der Waals surface area contributed by atoms with E-state index in [0.29, 0.717) is 17.4 Å². The third-order valence-electron chi connectivity index (χ3n) is 8.90. The van der Waals surface area contributed by atoms with Gasteiger partial charge in [0.15, 0.2) is 0 Å². The molecule has 2 aliphatic heterocycles. The van der Waals surface area contributed by atoms with Crippen LogP contribution in [0.25, 0.3) is 10.4 Å². The largest absolute Gasteiger partial charge is 0.466 e. The van der Waals surface area contributed by atoms with E-state index in [0.717, 1.165) is 37.7 Å². The lowest BCUT2D eigenvalue weighted by Gasteiger charge is -2.34. The van der Waals surface area contributed by atoms with Crippen molar-refractivity contribution in [1.29, 1.82) is 0 Å². The second-order valence-corrected chi connectivity index (χ2v) is 13.6. The number of halogens is 5. The van der Waals surface area contributed by atoms with E-state index in [9.17, 15) is 31.9 Å². The highest BCUT2D eigenvalue weighted by Gasteiger charge is 2.38. The van der Waals surface area contributed by atoms with Crippen LogP contribution in [0.15, 0.2) is 59.5 Å². The molecule has 0 aliphatic carbocycles. The first-order valence-electron chi connectivity index (χ1n) is 16.1. The standard InChI is InChI=1S/C36H34F5N3O5S/c1-4-48-32(46)15-28-24-13-30(50-20(24)3)33-19(2)6-5-7-29(33)49-23-8-9-27(38)25(12-23)34(35(47)42-28)44-16-21(10-11-43-17-22(37)18-43)26(14-31(44)45)36(39,40)41/h5-9,12-14,16,22,28,34H,4,10-11,15,17-18H2,1-3H3,(H,42,47)/t28-,34-/m0/s1. The molecule has 4 aromatic rings. The van der Waals surface area contributed by atoms with Crippen molar-refractivity contribution in [1.82, 2.24) is 14.8 Å². The summed E-state index contributed by atoms with van der Waals surface area (Å²) in [4.78, 5) is 44.0. The Hall–Kier alpha value is -4.56.